The Morgan fingerprint density at radius 2 is 1.71 bits per heavy atom. The largest absolute Gasteiger partial charge is 0.481 e. The number of hydrogen-bond donors (Lipinski definition) is 2. The zero-order valence-corrected chi connectivity index (χ0v) is 19.5. The summed E-state index contributed by atoms with van der Waals surface area (Å²) in [6.07, 6.45) is 0. The minimum atomic E-state index is -0.541. The lowest BCUT2D eigenvalue weighted by molar-refractivity contribution is -0.142. The van der Waals surface area contributed by atoms with Crippen molar-refractivity contribution < 1.29 is 23.5 Å². The summed E-state index contributed by atoms with van der Waals surface area (Å²) in [5, 5.41) is 6.24. The maximum Gasteiger partial charge on any atom is 0.343 e. The molecule has 35 heavy (non-hydrogen) atoms. The lowest BCUT2D eigenvalue weighted by Crippen LogP contribution is -2.20. The molecule has 0 fully saturated rings. The fourth-order valence-electron chi connectivity index (χ4n) is 3.59. The van der Waals surface area contributed by atoms with Crippen molar-refractivity contribution in [3.8, 4) is 17.0 Å². The molecule has 0 aliphatic heterocycles. The van der Waals surface area contributed by atoms with Crippen LogP contribution in [0.2, 0.25) is 0 Å². The van der Waals surface area contributed by atoms with Crippen LogP contribution in [0.15, 0.2) is 66.7 Å². The highest BCUT2D eigenvalue weighted by Gasteiger charge is 2.13. The number of ether oxygens (including phenoxy) is 2. The first-order valence-corrected chi connectivity index (χ1v) is 10.9. The first kappa shape index (κ1) is 23.7. The summed E-state index contributed by atoms with van der Waals surface area (Å²) >= 11 is 0. The van der Waals surface area contributed by atoms with Crippen molar-refractivity contribution in [1.29, 1.82) is 0 Å². The molecular weight excluding hydrogens is 449 g/mol. The molecule has 2 amide bonds. The van der Waals surface area contributed by atoms with Crippen LogP contribution in [0, 0.1) is 19.7 Å². The standard InChI is InChI=1S/C27H24FN3O4/c1-16-4-10-22(17(2)12-16)31-27(33)29-20-9-11-23-21(13-20)25(35-15-26(32)34-3)14-24(30-23)18-5-7-19(28)8-6-18/h4-14H,15H2,1-3H3,(H2,29,31,33). The second-order valence-corrected chi connectivity index (χ2v) is 8.01. The molecule has 0 bridgehead atoms. The third-order valence-electron chi connectivity index (χ3n) is 5.37. The second kappa shape index (κ2) is 10.2. The number of halogens is 1. The van der Waals surface area contributed by atoms with E-state index in [4.69, 9.17) is 4.74 Å². The van der Waals surface area contributed by atoms with Crippen LogP contribution in [-0.2, 0) is 9.53 Å². The molecule has 4 aromatic rings. The molecule has 1 heterocycles. The number of carbonyl (C=O) groups is 2. The van der Waals surface area contributed by atoms with Crippen LogP contribution in [-0.4, -0.2) is 30.7 Å². The SMILES string of the molecule is COC(=O)COc1cc(-c2ccc(F)cc2)nc2ccc(NC(=O)Nc3ccc(C)cc3C)cc12. The maximum atomic E-state index is 13.4. The second-order valence-electron chi connectivity index (χ2n) is 8.01. The summed E-state index contributed by atoms with van der Waals surface area (Å²) in [4.78, 5) is 28.9. The van der Waals surface area contributed by atoms with Crippen molar-refractivity contribution in [1.82, 2.24) is 4.98 Å². The zero-order chi connectivity index (χ0) is 24.9. The molecule has 7 nitrogen and oxygen atoms in total. The number of fused-ring (bicyclic) bond motifs is 1. The Labute approximate surface area is 201 Å². The van der Waals surface area contributed by atoms with Gasteiger partial charge in [0.05, 0.1) is 18.3 Å². The third-order valence-corrected chi connectivity index (χ3v) is 5.37. The van der Waals surface area contributed by atoms with Crippen LogP contribution in [0.25, 0.3) is 22.2 Å². The zero-order valence-electron chi connectivity index (χ0n) is 19.5. The van der Waals surface area contributed by atoms with Crippen molar-refractivity contribution in [3.05, 3.63) is 83.7 Å². The number of amides is 2. The number of esters is 1. The quantitative estimate of drug-likeness (QED) is 0.343. The average molecular weight is 474 g/mol. The van der Waals surface area contributed by atoms with Gasteiger partial charge in [-0.15, -0.1) is 0 Å². The van der Waals surface area contributed by atoms with Gasteiger partial charge in [0.1, 0.15) is 11.6 Å². The number of aryl methyl sites for hydroxylation is 2. The minimum Gasteiger partial charge on any atom is -0.481 e. The van der Waals surface area contributed by atoms with E-state index in [2.05, 4.69) is 20.4 Å². The van der Waals surface area contributed by atoms with Crippen LogP contribution in [0.5, 0.6) is 5.75 Å². The molecule has 8 heteroatoms. The molecule has 0 radical (unpaired) electrons. The van der Waals surface area contributed by atoms with Gasteiger partial charge < -0.3 is 20.1 Å². The van der Waals surface area contributed by atoms with E-state index < -0.39 is 12.0 Å². The fourth-order valence-corrected chi connectivity index (χ4v) is 3.59. The molecule has 2 N–H and O–H groups in total. The van der Waals surface area contributed by atoms with Gasteiger partial charge >= 0.3 is 12.0 Å². The van der Waals surface area contributed by atoms with Crippen LogP contribution >= 0.6 is 0 Å². The average Bonchev–Trinajstić information content (AvgIpc) is 2.84. The first-order valence-electron chi connectivity index (χ1n) is 10.9. The van der Waals surface area contributed by atoms with Crippen LogP contribution < -0.4 is 15.4 Å². The number of methoxy groups -OCH3 is 1. The van der Waals surface area contributed by atoms with Gasteiger partial charge in [0.15, 0.2) is 6.61 Å². The number of nitrogens with zero attached hydrogens (tertiary/aromatic N) is 1. The number of pyridine rings is 1. The van der Waals surface area contributed by atoms with Gasteiger partial charge in [-0.05, 0) is 67.9 Å². The number of urea groups is 1. The molecule has 0 spiro atoms. The summed E-state index contributed by atoms with van der Waals surface area (Å²) < 4.78 is 23.8. The summed E-state index contributed by atoms with van der Waals surface area (Å²) in [5.74, 6) is -0.523. The van der Waals surface area contributed by atoms with E-state index in [1.165, 1.54) is 19.2 Å². The molecule has 4 rings (SSSR count). The molecule has 1 aromatic heterocycles. The Morgan fingerprint density at radius 3 is 2.43 bits per heavy atom. The van der Waals surface area contributed by atoms with Crippen LogP contribution in [0.1, 0.15) is 11.1 Å². The number of aromatic nitrogens is 1. The normalized spacial score (nSPS) is 10.6. The van der Waals surface area contributed by atoms with Crippen molar-refractivity contribution in [2.75, 3.05) is 24.4 Å². The smallest absolute Gasteiger partial charge is 0.343 e. The van der Waals surface area contributed by atoms with Crippen molar-refractivity contribution in [2.24, 2.45) is 0 Å². The van der Waals surface area contributed by atoms with E-state index in [9.17, 15) is 14.0 Å². The maximum absolute atomic E-state index is 13.4. The number of nitrogens with one attached hydrogen (secondary N) is 2. The van der Waals surface area contributed by atoms with Gasteiger partial charge in [-0.1, -0.05) is 17.7 Å². The lowest BCUT2D eigenvalue weighted by Gasteiger charge is -2.14. The van der Waals surface area contributed by atoms with E-state index in [0.29, 0.717) is 39.3 Å². The van der Waals surface area contributed by atoms with Gasteiger partial charge in [0, 0.05) is 28.4 Å². The fraction of sp³-hybridized carbons (Fsp3) is 0.148. The summed E-state index contributed by atoms with van der Waals surface area (Å²) in [7, 11) is 1.27. The predicted octanol–water partition coefficient (Wildman–Crippen LogP) is 5.85. The van der Waals surface area contributed by atoms with E-state index in [1.54, 1.807) is 36.4 Å². The van der Waals surface area contributed by atoms with Gasteiger partial charge in [-0.25, -0.2) is 19.0 Å². The topological polar surface area (TPSA) is 89.6 Å². The molecule has 0 aliphatic carbocycles. The van der Waals surface area contributed by atoms with E-state index in [0.717, 1.165) is 11.1 Å². The number of anilines is 2. The molecular formula is C27H24FN3O4. The minimum absolute atomic E-state index is 0.302. The number of carbonyl (C=O) groups excluding carboxylic acids is 2. The van der Waals surface area contributed by atoms with Crippen molar-refractivity contribution in [2.45, 2.75) is 13.8 Å². The van der Waals surface area contributed by atoms with Gasteiger partial charge in [-0.2, -0.15) is 0 Å². The van der Waals surface area contributed by atoms with E-state index in [1.807, 2.05) is 32.0 Å². The third kappa shape index (κ3) is 5.73. The molecule has 3 aromatic carbocycles. The highest BCUT2D eigenvalue weighted by Crippen LogP contribution is 2.32. The number of rotatable bonds is 6. The van der Waals surface area contributed by atoms with Crippen molar-refractivity contribution in [3.63, 3.8) is 0 Å². The lowest BCUT2D eigenvalue weighted by atomic mass is 10.1. The Morgan fingerprint density at radius 1 is 0.943 bits per heavy atom. The molecule has 178 valence electrons. The highest BCUT2D eigenvalue weighted by atomic mass is 19.1. The number of hydrogen-bond acceptors (Lipinski definition) is 5. The molecule has 0 unspecified atom stereocenters. The van der Waals surface area contributed by atoms with Gasteiger partial charge in [-0.3, -0.25) is 0 Å². The van der Waals surface area contributed by atoms with Gasteiger partial charge in [0.25, 0.3) is 0 Å². The Kier molecular flexibility index (Phi) is 6.91. The van der Waals surface area contributed by atoms with E-state index in [-0.39, 0.29) is 12.4 Å². The highest BCUT2D eigenvalue weighted by molar-refractivity contribution is 6.02. The molecule has 0 saturated carbocycles. The Hall–Kier alpha value is -4.46. The summed E-state index contributed by atoms with van der Waals surface area (Å²) in [6.45, 7) is 3.61. The van der Waals surface area contributed by atoms with Crippen molar-refractivity contribution >= 4 is 34.3 Å². The molecule has 0 aliphatic rings. The molecule has 0 saturated heterocycles. The monoisotopic (exact) mass is 473 g/mol. The Balaban J connectivity index is 1.64. The number of benzene rings is 3. The predicted molar refractivity (Wildman–Crippen MR) is 133 cm³/mol. The van der Waals surface area contributed by atoms with Crippen LogP contribution in [0.3, 0.4) is 0 Å². The van der Waals surface area contributed by atoms with E-state index >= 15 is 0 Å². The first-order chi connectivity index (χ1) is 16.8. The van der Waals surface area contributed by atoms with Crippen LogP contribution in [0.4, 0.5) is 20.6 Å². The summed E-state index contributed by atoms with van der Waals surface area (Å²) in [5.41, 5.74) is 5.09. The summed E-state index contributed by atoms with van der Waals surface area (Å²) in [6, 6.07) is 18.1. The molecule has 0 atom stereocenters. The Bertz CT molecular complexity index is 1400. The van der Waals surface area contributed by atoms with Gasteiger partial charge in [0.2, 0.25) is 0 Å².